The molecule has 0 bridgehead atoms. The van der Waals surface area contributed by atoms with Crippen molar-refractivity contribution in [3.05, 3.63) is 46.4 Å². The van der Waals surface area contributed by atoms with Gasteiger partial charge in [-0.2, -0.15) is 0 Å². The van der Waals surface area contributed by atoms with Crippen LogP contribution in [0, 0.1) is 6.92 Å². The Kier molecular flexibility index (Phi) is 6.92. The molecule has 0 saturated carbocycles. The third-order valence-corrected chi connectivity index (χ3v) is 5.36. The topological polar surface area (TPSA) is 45.2 Å². The molecule has 4 nitrogen and oxygen atoms in total. The van der Waals surface area contributed by atoms with Crippen LogP contribution in [0.1, 0.15) is 17.6 Å². The molecule has 2 aromatic rings. The first-order chi connectivity index (χ1) is 11.1. The molecule has 0 radical (unpaired) electrons. The normalized spacial score (nSPS) is 12.0. The van der Waals surface area contributed by atoms with Crippen molar-refractivity contribution in [3.8, 4) is 0 Å². The van der Waals surface area contributed by atoms with Crippen molar-refractivity contribution < 1.29 is 4.79 Å². The molecule has 0 fully saturated rings. The third kappa shape index (κ3) is 5.88. The van der Waals surface area contributed by atoms with Crippen molar-refractivity contribution in [2.24, 2.45) is 0 Å². The SMILES string of the molecule is Cc1nc(CSCC(=O)NC[C@H](C)N(C)c2ccccc2)cs1. The molecule has 0 unspecified atom stereocenters. The molecule has 0 saturated heterocycles. The van der Waals surface area contributed by atoms with E-state index in [4.69, 9.17) is 0 Å². The summed E-state index contributed by atoms with van der Waals surface area (Å²) in [5.41, 5.74) is 2.21. The highest BCUT2D eigenvalue weighted by Gasteiger charge is 2.11. The highest BCUT2D eigenvalue weighted by molar-refractivity contribution is 7.99. The molecule has 0 aliphatic carbocycles. The zero-order chi connectivity index (χ0) is 16.7. The number of thiazole rings is 1. The molecule has 1 heterocycles. The summed E-state index contributed by atoms with van der Waals surface area (Å²) in [4.78, 5) is 18.5. The summed E-state index contributed by atoms with van der Waals surface area (Å²) in [6.45, 7) is 4.75. The monoisotopic (exact) mass is 349 g/mol. The maximum atomic E-state index is 11.9. The molecule has 6 heteroatoms. The van der Waals surface area contributed by atoms with E-state index in [0.29, 0.717) is 12.3 Å². The van der Waals surface area contributed by atoms with Crippen LogP contribution in [0.4, 0.5) is 5.69 Å². The van der Waals surface area contributed by atoms with Gasteiger partial charge in [0.15, 0.2) is 0 Å². The van der Waals surface area contributed by atoms with Gasteiger partial charge in [0.1, 0.15) is 0 Å². The first kappa shape index (κ1) is 17.8. The van der Waals surface area contributed by atoms with E-state index >= 15 is 0 Å². The fourth-order valence-corrected chi connectivity index (χ4v) is 3.55. The quantitative estimate of drug-likeness (QED) is 0.794. The molecule has 0 spiro atoms. The second-order valence-electron chi connectivity index (χ2n) is 5.45. The summed E-state index contributed by atoms with van der Waals surface area (Å²) in [6, 6.07) is 10.4. The summed E-state index contributed by atoms with van der Waals surface area (Å²) < 4.78 is 0. The van der Waals surface area contributed by atoms with Gasteiger partial charge in [0, 0.05) is 36.5 Å². The maximum Gasteiger partial charge on any atom is 0.230 e. The summed E-state index contributed by atoms with van der Waals surface area (Å²) in [5.74, 6) is 1.34. The van der Waals surface area contributed by atoms with Crippen LogP contribution < -0.4 is 10.2 Å². The Morgan fingerprint density at radius 1 is 1.39 bits per heavy atom. The van der Waals surface area contributed by atoms with E-state index in [1.807, 2.05) is 32.2 Å². The number of hydrogen-bond donors (Lipinski definition) is 1. The van der Waals surface area contributed by atoms with Crippen molar-refractivity contribution in [1.29, 1.82) is 0 Å². The van der Waals surface area contributed by atoms with Gasteiger partial charge in [-0.15, -0.1) is 23.1 Å². The number of likely N-dealkylation sites (N-methyl/N-ethyl adjacent to an activating group) is 1. The van der Waals surface area contributed by atoms with E-state index in [1.165, 1.54) is 0 Å². The number of nitrogens with zero attached hydrogens (tertiary/aromatic N) is 2. The number of amides is 1. The van der Waals surface area contributed by atoms with E-state index < -0.39 is 0 Å². The Balaban J connectivity index is 1.67. The Morgan fingerprint density at radius 2 is 2.13 bits per heavy atom. The number of thioether (sulfide) groups is 1. The minimum Gasteiger partial charge on any atom is -0.370 e. The Morgan fingerprint density at radius 3 is 2.78 bits per heavy atom. The molecule has 1 N–H and O–H groups in total. The van der Waals surface area contributed by atoms with Crippen LogP contribution in [0.15, 0.2) is 35.7 Å². The molecule has 1 aromatic carbocycles. The van der Waals surface area contributed by atoms with Crippen LogP contribution in [0.25, 0.3) is 0 Å². The number of hydrogen-bond acceptors (Lipinski definition) is 5. The standard InChI is InChI=1S/C17H23N3OS2/c1-13(20(3)16-7-5-4-6-8-16)9-18-17(21)12-22-10-15-11-23-14(2)19-15/h4-8,11,13H,9-10,12H2,1-3H3,(H,18,21)/t13-/m0/s1. The summed E-state index contributed by atoms with van der Waals surface area (Å²) in [7, 11) is 2.05. The van der Waals surface area contributed by atoms with Crippen molar-refractivity contribution >= 4 is 34.7 Å². The minimum absolute atomic E-state index is 0.0789. The van der Waals surface area contributed by atoms with Crippen LogP contribution in [0.3, 0.4) is 0 Å². The lowest BCUT2D eigenvalue weighted by molar-refractivity contribution is -0.118. The number of anilines is 1. The second-order valence-corrected chi connectivity index (χ2v) is 7.50. The predicted octanol–water partition coefficient (Wildman–Crippen LogP) is 3.33. The lowest BCUT2D eigenvalue weighted by Gasteiger charge is -2.27. The fraction of sp³-hybridized carbons (Fsp3) is 0.412. The van der Waals surface area contributed by atoms with E-state index in [2.05, 4.69) is 39.6 Å². The molecule has 23 heavy (non-hydrogen) atoms. The maximum absolute atomic E-state index is 11.9. The van der Waals surface area contributed by atoms with Crippen LogP contribution >= 0.6 is 23.1 Å². The molecule has 2 rings (SSSR count). The van der Waals surface area contributed by atoms with Gasteiger partial charge in [-0.1, -0.05) is 18.2 Å². The zero-order valence-electron chi connectivity index (χ0n) is 13.8. The molecule has 1 atom stereocenters. The smallest absolute Gasteiger partial charge is 0.230 e. The number of carbonyl (C=O) groups is 1. The van der Waals surface area contributed by atoms with Gasteiger partial charge >= 0.3 is 0 Å². The van der Waals surface area contributed by atoms with Crippen LogP contribution in [0.2, 0.25) is 0 Å². The second kappa shape index (κ2) is 8.93. The first-order valence-corrected chi connectivity index (χ1v) is 9.63. The van der Waals surface area contributed by atoms with Gasteiger partial charge in [0.25, 0.3) is 0 Å². The summed E-state index contributed by atoms with van der Waals surface area (Å²) in [6.07, 6.45) is 0. The number of benzene rings is 1. The van der Waals surface area contributed by atoms with Gasteiger partial charge in [-0.25, -0.2) is 4.98 Å². The lowest BCUT2D eigenvalue weighted by Crippen LogP contribution is -2.40. The van der Waals surface area contributed by atoms with E-state index in [1.54, 1.807) is 23.1 Å². The van der Waals surface area contributed by atoms with Crippen molar-refractivity contribution in [2.75, 3.05) is 24.2 Å². The first-order valence-electron chi connectivity index (χ1n) is 7.59. The molecular weight excluding hydrogens is 326 g/mol. The highest BCUT2D eigenvalue weighted by Crippen LogP contribution is 2.15. The van der Waals surface area contributed by atoms with E-state index in [0.717, 1.165) is 22.1 Å². The minimum atomic E-state index is 0.0789. The van der Waals surface area contributed by atoms with Crippen LogP contribution in [-0.2, 0) is 10.5 Å². The molecule has 0 aliphatic heterocycles. The van der Waals surface area contributed by atoms with Gasteiger partial charge in [0.05, 0.1) is 16.5 Å². The molecule has 124 valence electrons. The number of rotatable bonds is 8. The Hall–Kier alpha value is -1.53. The van der Waals surface area contributed by atoms with Gasteiger partial charge < -0.3 is 10.2 Å². The molecule has 1 amide bonds. The largest absolute Gasteiger partial charge is 0.370 e. The van der Waals surface area contributed by atoms with Gasteiger partial charge in [-0.3, -0.25) is 4.79 Å². The summed E-state index contributed by atoms with van der Waals surface area (Å²) in [5, 5.41) is 6.13. The predicted molar refractivity (Wildman–Crippen MR) is 100 cm³/mol. The average molecular weight is 350 g/mol. The van der Waals surface area contributed by atoms with Crippen LogP contribution in [-0.4, -0.2) is 36.3 Å². The number of nitrogens with one attached hydrogen (secondary N) is 1. The fourth-order valence-electron chi connectivity index (χ4n) is 2.09. The van der Waals surface area contributed by atoms with Crippen LogP contribution in [0.5, 0.6) is 0 Å². The number of carbonyl (C=O) groups excluding carboxylic acids is 1. The van der Waals surface area contributed by atoms with Gasteiger partial charge in [-0.05, 0) is 26.0 Å². The molecular formula is C17H23N3OS2. The third-order valence-electron chi connectivity index (χ3n) is 3.57. The average Bonchev–Trinajstić information content (AvgIpc) is 2.98. The zero-order valence-corrected chi connectivity index (χ0v) is 15.4. The number of para-hydroxylation sites is 1. The molecule has 1 aromatic heterocycles. The summed E-state index contributed by atoms with van der Waals surface area (Å²) >= 11 is 3.25. The van der Waals surface area contributed by atoms with E-state index in [-0.39, 0.29) is 11.9 Å². The van der Waals surface area contributed by atoms with Crippen molar-refractivity contribution in [2.45, 2.75) is 25.6 Å². The number of aromatic nitrogens is 1. The number of aryl methyl sites for hydroxylation is 1. The molecule has 0 aliphatic rings. The Labute approximate surface area is 146 Å². The van der Waals surface area contributed by atoms with Gasteiger partial charge in [0.2, 0.25) is 5.91 Å². The van der Waals surface area contributed by atoms with E-state index in [9.17, 15) is 4.79 Å². The lowest BCUT2D eigenvalue weighted by atomic mass is 10.2. The highest BCUT2D eigenvalue weighted by atomic mass is 32.2. The van der Waals surface area contributed by atoms with Crippen molar-refractivity contribution in [3.63, 3.8) is 0 Å². The van der Waals surface area contributed by atoms with Crippen molar-refractivity contribution in [1.82, 2.24) is 10.3 Å². The Bertz CT molecular complexity index is 615.